The van der Waals surface area contributed by atoms with Crippen molar-refractivity contribution in [1.82, 2.24) is 0 Å². The van der Waals surface area contributed by atoms with Crippen LogP contribution in [0, 0.1) is 0 Å². The molecule has 0 saturated carbocycles. The summed E-state index contributed by atoms with van der Waals surface area (Å²) in [5.74, 6) is 0. The monoisotopic (exact) mass is 148 g/mol. The molecule has 10 heavy (non-hydrogen) atoms. The fourth-order valence-electron chi connectivity index (χ4n) is 0.575. The molecule has 0 radical (unpaired) electrons. The van der Waals surface area contributed by atoms with Crippen molar-refractivity contribution in [3.63, 3.8) is 0 Å². The molecule has 0 rings (SSSR count). The molecule has 0 aliphatic rings. The van der Waals surface area contributed by atoms with Crippen LogP contribution in [0.1, 0.15) is 26.2 Å². The molecule has 2 atom stereocenters. The molecule has 4 heteroatoms. The maximum atomic E-state index is 9.18. The van der Waals surface area contributed by atoms with Crippen LogP contribution >= 0.6 is 0 Å². The molecule has 0 aliphatic carbocycles. The molecule has 0 aromatic heterocycles. The quantitative estimate of drug-likeness (QED) is 0.389. The number of nitrogens with two attached hydrogens (primary N) is 2. The summed E-state index contributed by atoms with van der Waals surface area (Å²) in [6, 6.07) is 0. The van der Waals surface area contributed by atoms with Gasteiger partial charge in [0.05, 0.1) is 0 Å². The first-order valence-corrected chi connectivity index (χ1v) is 3.43. The van der Waals surface area contributed by atoms with Gasteiger partial charge >= 0.3 is 0 Å². The summed E-state index contributed by atoms with van der Waals surface area (Å²) < 4.78 is 0. The van der Waals surface area contributed by atoms with E-state index in [4.69, 9.17) is 16.6 Å². The topological polar surface area (TPSA) is 92.5 Å². The lowest BCUT2D eigenvalue weighted by Crippen LogP contribution is -2.40. The zero-order valence-corrected chi connectivity index (χ0v) is 6.25. The van der Waals surface area contributed by atoms with Gasteiger partial charge < -0.3 is 21.7 Å². The maximum absolute atomic E-state index is 9.18. The first-order valence-electron chi connectivity index (χ1n) is 3.43. The Hall–Kier alpha value is -0.160. The highest BCUT2D eigenvalue weighted by atomic mass is 16.3. The Balaban J connectivity index is 3.46. The van der Waals surface area contributed by atoms with Gasteiger partial charge in [0, 0.05) is 0 Å². The van der Waals surface area contributed by atoms with Crippen LogP contribution in [-0.2, 0) is 0 Å². The van der Waals surface area contributed by atoms with Crippen molar-refractivity contribution in [3.05, 3.63) is 0 Å². The van der Waals surface area contributed by atoms with Gasteiger partial charge in [0.1, 0.15) is 12.0 Å². The second-order valence-corrected chi connectivity index (χ2v) is 2.56. The third-order valence-corrected chi connectivity index (χ3v) is 1.49. The van der Waals surface area contributed by atoms with Crippen molar-refractivity contribution in [1.29, 1.82) is 0 Å². The predicted octanol–water partition coefficient (Wildman–Crippen LogP) is -0.899. The minimum Gasteiger partial charge on any atom is -0.379 e. The van der Waals surface area contributed by atoms with Crippen molar-refractivity contribution < 1.29 is 10.2 Å². The SMILES string of the molecule is CCC(N)(O)CCC(N)O. The number of hydrogen-bond acceptors (Lipinski definition) is 4. The molecule has 0 fully saturated rings. The van der Waals surface area contributed by atoms with Gasteiger partial charge in [-0.15, -0.1) is 0 Å². The van der Waals surface area contributed by atoms with Gasteiger partial charge in [-0.25, -0.2) is 0 Å². The molecule has 62 valence electrons. The molecule has 0 spiro atoms. The van der Waals surface area contributed by atoms with Crippen LogP contribution in [0.25, 0.3) is 0 Å². The van der Waals surface area contributed by atoms with Gasteiger partial charge in [-0.1, -0.05) is 6.92 Å². The minimum absolute atomic E-state index is 0.334. The summed E-state index contributed by atoms with van der Waals surface area (Å²) in [7, 11) is 0. The predicted molar refractivity (Wildman–Crippen MR) is 38.9 cm³/mol. The molecule has 6 N–H and O–H groups in total. The third-order valence-electron chi connectivity index (χ3n) is 1.49. The van der Waals surface area contributed by atoms with E-state index in [0.717, 1.165) is 0 Å². The molecule has 0 saturated heterocycles. The Labute approximate surface area is 60.8 Å². The Kier molecular flexibility index (Phi) is 3.81. The van der Waals surface area contributed by atoms with Gasteiger partial charge in [-0.3, -0.25) is 0 Å². The minimum atomic E-state index is -1.17. The molecule has 2 unspecified atom stereocenters. The molecule has 0 aromatic carbocycles. The van der Waals surface area contributed by atoms with E-state index in [-0.39, 0.29) is 0 Å². The van der Waals surface area contributed by atoms with Gasteiger partial charge in [-0.05, 0) is 19.3 Å². The molecule has 0 amide bonds. The van der Waals surface area contributed by atoms with Gasteiger partial charge in [-0.2, -0.15) is 0 Å². The molecular weight excluding hydrogens is 132 g/mol. The lowest BCUT2D eigenvalue weighted by atomic mass is 10.1. The Bertz CT molecular complexity index is 93.7. The van der Waals surface area contributed by atoms with E-state index in [0.29, 0.717) is 19.3 Å². The van der Waals surface area contributed by atoms with Gasteiger partial charge in [0.25, 0.3) is 0 Å². The maximum Gasteiger partial charge on any atom is 0.113 e. The fourth-order valence-corrected chi connectivity index (χ4v) is 0.575. The Morgan fingerprint density at radius 3 is 2.40 bits per heavy atom. The first kappa shape index (κ1) is 9.84. The van der Waals surface area contributed by atoms with Crippen LogP contribution < -0.4 is 11.5 Å². The highest BCUT2D eigenvalue weighted by Crippen LogP contribution is 2.09. The normalized spacial score (nSPS) is 20.1. The highest BCUT2D eigenvalue weighted by Gasteiger charge is 2.18. The van der Waals surface area contributed by atoms with Crippen molar-refractivity contribution in [2.45, 2.75) is 38.1 Å². The largest absolute Gasteiger partial charge is 0.379 e. The third kappa shape index (κ3) is 4.69. The van der Waals surface area contributed by atoms with Crippen LogP contribution in [-0.4, -0.2) is 22.2 Å². The van der Waals surface area contributed by atoms with Crippen LogP contribution in [0.2, 0.25) is 0 Å². The van der Waals surface area contributed by atoms with Crippen LogP contribution in [0.15, 0.2) is 0 Å². The first-order chi connectivity index (χ1) is 4.48. The van der Waals surface area contributed by atoms with E-state index in [1.165, 1.54) is 0 Å². The van der Waals surface area contributed by atoms with E-state index in [1.54, 1.807) is 6.92 Å². The van der Waals surface area contributed by atoms with E-state index in [9.17, 15) is 5.11 Å². The highest BCUT2D eigenvalue weighted by molar-refractivity contribution is 4.68. The van der Waals surface area contributed by atoms with E-state index in [2.05, 4.69) is 0 Å². The zero-order chi connectivity index (χ0) is 8.20. The summed E-state index contributed by atoms with van der Waals surface area (Å²) in [5, 5.41) is 17.8. The lowest BCUT2D eigenvalue weighted by Gasteiger charge is -2.21. The number of aliphatic hydroxyl groups is 2. The van der Waals surface area contributed by atoms with Crippen LogP contribution in [0.5, 0.6) is 0 Å². The molecule has 0 aliphatic heterocycles. The van der Waals surface area contributed by atoms with Crippen molar-refractivity contribution >= 4 is 0 Å². The summed E-state index contributed by atoms with van der Waals surface area (Å²) in [4.78, 5) is 0. The summed E-state index contributed by atoms with van der Waals surface area (Å²) in [6.45, 7) is 1.78. The smallest absolute Gasteiger partial charge is 0.113 e. The summed E-state index contributed by atoms with van der Waals surface area (Å²) in [5.41, 5.74) is 9.23. The van der Waals surface area contributed by atoms with E-state index >= 15 is 0 Å². The van der Waals surface area contributed by atoms with E-state index < -0.39 is 12.0 Å². The van der Waals surface area contributed by atoms with Crippen LogP contribution in [0.4, 0.5) is 0 Å². The van der Waals surface area contributed by atoms with Gasteiger partial charge in [0.2, 0.25) is 0 Å². The van der Waals surface area contributed by atoms with Gasteiger partial charge in [0.15, 0.2) is 0 Å². The fraction of sp³-hybridized carbons (Fsp3) is 1.00. The molecule has 0 heterocycles. The van der Waals surface area contributed by atoms with Crippen molar-refractivity contribution in [3.8, 4) is 0 Å². The second-order valence-electron chi connectivity index (χ2n) is 2.56. The summed E-state index contributed by atoms with van der Waals surface area (Å²) in [6.07, 6.45) is 0.267. The molecular formula is C6H16N2O2. The lowest BCUT2D eigenvalue weighted by molar-refractivity contribution is 0.0184. The van der Waals surface area contributed by atoms with E-state index in [1.807, 2.05) is 0 Å². The van der Waals surface area contributed by atoms with Crippen LogP contribution in [0.3, 0.4) is 0 Å². The molecule has 0 bridgehead atoms. The number of rotatable bonds is 4. The Morgan fingerprint density at radius 1 is 1.60 bits per heavy atom. The standard InChI is InChI=1S/C6H16N2O2/c1-2-6(8,10)4-3-5(7)9/h5,9-10H,2-4,7-8H2,1H3. The number of aliphatic hydroxyl groups excluding tert-OH is 1. The van der Waals surface area contributed by atoms with Crippen molar-refractivity contribution in [2.75, 3.05) is 0 Å². The van der Waals surface area contributed by atoms with Crippen molar-refractivity contribution in [2.24, 2.45) is 11.5 Å². The molecule has 0 aromatic rings. The Morgan fingerprint density at radius 2 is 2.10 bits per heavy atom. The average molecular weight is 148 g/mol. The number of hydrogen-bond donors (Lipinski definition) is 4. The summed E-state index contributed by atoms with van der Waals surface area (Å²) >= 11 is 0. The second kappa shape index (κ2) is 3.88. The zero-order valence-electron chi connectivity index (χ0n) is 6.25. The molecule has 4 nitrogen and oxygen atoms in total. The average Bonchev–Trinajstić information content (AvgIpc) is 1.85.